The van der Waals surface area contributed by atoms with Gasteiger partial charge in [0.15, 0.2) is 0 Å². The van der Waals surface area contributed by atoms with Gasteiger partial charge < -0.3 is 10.2 Å². The molecule has 4 atom stereocenters. The van der Waals surface area contributed by atoms with Crippen LogP contribution in [0.25, 0.3) is 0 Å². The summed E-state index contributed by atoms with van der Waals surface area (Å²) in [6, 6.07) is 0. The average molecular weight is 212 g/mol. The van der Waals surface area contributed by atoms with Crippen molar-refractivity contribution in [3.05, 3.63) is 0 Å². The van der Waals surface area contributed by atoms with E-state index < -0.39 is 12.1 Å². The summed E-state index contributed by atoms with van der Waals surface area (Å²) in [5.41, 5.74) is -0.00961. The Kier molecular flexibility index (Phi) is 2.16. The van der Waals surface area contributed by atoms with Crippen LogP contribution in [0.5, 0.6) is 0 Å². The highest BCUT2D eigenvalue weighted by molar-refractivity contribution is 5.67. The van der Waals surface area contributed by atoms with Crippen molar-refractivity contribution in [2.24, 2.45) is 22.7 Å². The SMILES string of the molecule is CC1(C)[C@@H]2CC[C@@]1(C)[C@@H](O)[C@@H]2CC(=O)O. The van der Waals surface area contributed by atoms with E-state index in [-0.39, 0.29) is 23.2 Å². The summed E-state index contributed by atoms with van der Waals surface area (Å²) in [6.45, 7) is 6.46. The van der Waals surface area contributed by atoms with Crippen molar-refractivity contribution in [2.75, 3.05) is 0 Å². The largest absolute Gasteiger partial charge is 0.481 e. The zero-order chi connectivity index (χ0) is 11.4. The summed E-state index contributed by atoms with van der Waals surface area (Å²) in [6.07, 6.45) is 1.77. The number of rotatable bonds is 2. The van der Waals surface area contributed by atoms with Gasteiger partial charge in [0.05, 0.1) is 12.5 Å². The standard InChI is InChI=1S/C12H20O3/c1-11(2)8-4-5-12(11,3)10(15)7(8)6-9(13)14/h7-8,10,15H,4-6H2,1-3H3,(H,13,14)/t7-,8-,10+,12+/m1/s1. The van der Waals surface area contributed by atoms with Crippen molar-refractivity contribution in [3.8, 4) is 0 Å². The highest BCUT2D eigenvalue weighted by atomic mass is 16.4. The quantitative estimate of drug-likeness (QED) is 0.735. The smallest absolute Gasteiger partial charge is 0.303 e. The molecule has 86 valence electrons. The Labute approximate surface area is 90.5 Å². The van der Waals surface area contributed by atoms with Crippen molar-refractivity contribution >= 4 is 5.97 Å². The molecular formula is C12H20O3. The normalized spacial score (nSPS) is 47.1. The number of hydrogen-bond donors (Lipinski definition) is 2. The third kappa shape index (κ3) is 1.19. The Bertz CT molecular complexity index is 297. The number of carboxylic acids is 1. The molecule has 2 N–H and O–H groups in total. The highest BCUT2D eigenvalue weighted by Gasteiger charge is 2.65. The number of aliphatic carboxylic acids is 1. The molecule has 0 radical (unpaired) electrons. The van der Waals surface area contributed by atoms with Gasteiger partial charge in [-0.2, -0.15) is 0 Å². The Morgan fingerprint density at radius 2 is 2.00 bits per heavy atom. The first kappa shape index (κ1) is 10.9. The second-order valence-electron chi connectivity index (χ2n) is 5.99. The Morgan fingerprint density at radius 3 is 2.40 bits per heavy atom. The number of carbonyl (C=O) groups is 1. The van der Waals surface area contributed by atoms with E-state index >= 15 is 0 Å². The summed E-state index contributed by atoms with van der Waals surface area (Å²) < 4.78 is 0. The molecule has 3 heteroatoms. The van der Waals surface area contributed by atoms with Gasteiger partial charge in [-0.3, -0.25) is 4.79 Å². The fourth-order valence-corrected chi connectivity index (χ4v) is 3.99. The predicted octanol–water partition coefficient (Wildman–Crippen LogP) is 1.89. The number of aliphatic hydroxyl groups excluding tert-OH is 1. The zero-order valence-corrected chi connectivity index (χ0v) is 9.66. The maximum absolute atomic E-state index is 10.8. The molecule has 0 aromatic heterocycles. The minimum atomic E-state index is -0.786. The van der Waals surface area contributed by atoms with E-state index in [0.29, 0.717) is 5.92 Å². The number of aliphatic hydroxyl groups is 1. The monoisotopic (exact) mass is 212 g/mol. The molecule has 0 aromatic carbocycles. The number of carboxylic acid groups (broad SMARTS) is 1. The van der Waals surface area contributed by atoms with Gasteiger partial charge in [0.1, 0.15) is 0 Å². The zero-order valence-electron chi connectivity index (χ0n) is 9.66. The molecule has 2 rings (SSSR count). The van der Waals surface area contributed by atoms with Crippen LogP contribution in [0.1, 0.15) is 40.0 Å². The van der Waals surface area contributed by atoms with Crippen molar-refractivity contribution in [2.45, 2.75) is 46.1 Å². The fraction of sp³-hybridized carbons (Fsp3) is 0.917. The molecule has 2 saturated carbocycles. The molecule has 2 aliphatic carbocycles. The minimum Gasteiger partial charge on any atom is -0.481 e. The van der Waals surface area contributed by atoms with E-state index in [1.165, 1.54) is 0 Å². The average Bonchev–Trinajstić information content (AvgIpc) is 2.40. The lowest BCUT2D eigenvalue weighted by Gasteiger charge is -2.37. The molecule has 0 saturated heterocycles. The van der Waals surface area contributed by atoms with Gasteiger partial charge in [0.25, 0.3) is 0 Å². The van der Waals surface area contributed by atoms with E-state index in [4.69, 9.17) is 5.11 Å². The van der Waals surface area contributed by atoms with Crippen molar-refractivity contribution in [3.63, 3.8) is 0 Å². The molecule has 3 nitrogen and oxygen atoms in total. The summed E-state index contributed by atoms with van der Waals surface area (Å²) in [4.78, 5) is 10.8. The lowest BCUT2D eigenvalue weighted by molar-refractivity contribution is -0.140. The lowest BCUT2D eigenvalue weighted by atomic mass is 9.70. The number of hydrogen-bond acceptors (Lipinski definition) is 2. The van der Waals surface area contributed by atoms with Gasteiger partial charge in [-0.05, 0) is 35.5 Å². The molecule has 15 heavy (non-hydrogen) atoms. The van der Waals surface area contributed by atoms with E-state index in [0.717, 1.165) is 12.8 Å². The van der Waals surface area contributed by atoms with Gasteiger partial charge >= 0.3 is 5.97 Å². The maximum Gasteiger partial charge on any atom is 0.303 e. The maximum atomic E-state index is 10.8. The molecule has 0 spiro atoms. The van der Waals surface area contributed by atoms with E-state index in [1.807, 2.05) is 0 Å². The van der Waals surface area contributed by atoms with Crippen LogP contribution in [0.3, 0.4) is 0 Å². The first-order valence-electron chi connectivity index (χ1n) is 5.70. The summed E-state index contributed by atoms with van der Waals surface area (Å²) in [5, 5.41) is 19.1. The van der Waals surface area contributed by atoms with Gasteiger partial charge in [0.2, 0.25) is 0 Å². The Hall–Kier alpha value is -0.570. The molecular weight excluding hydrogens is 192 g/mol. The van der Waals surface area contributed by atoms with Crippen LogP contribution in [-0.2, 0) is 4.79 Å². The Balaban J connectivity index is 2.29. The third-order valence-electron chi connectivity index (χ3n) is 5.36. The first-order valence-corrected chi connectivity index (χ1v) is 5.70. The summed E-state index contributed by atoms with van der Waals surface area (Å²) in [7, 11) is 0. The van der Waals surface area contributed by atoms with Crippen LogP contribution in [0.2, 0.25) is 0 Å². The van der Waals surface area contributed by atoms with Crippen LogP contribution in [0.4, 0.5) is 0 Å². The summed E-state index contributed by atoms with van der Waals surface area (Å²) in [5.74, 6) is -0.462. The first-order chi connectivity index (χ1) is 6.80. The van der Waals surface area contributed by atoms with Crippen LogP contribution < -0.4 is 0 Å². The molecule has 0 amide bonds. The topological polar surface area (TPSA) is 57.5 Å². The van der Waals surface area contributed by atoms with Crippen LogP contribution in [0.15, 0.2) is 0 Å². The minimum absolute atomic E-state index is 0.0451. The van der Waals surface area contributed by atoms with Gasteiger partial charge in [-0.1, -0.05) is 20.8 Å². The van der Waals surface area contributed by atoms with Gasteiger partial charge in [0, 0.05) is 0 Å². The molecule has 2 aliphatic rings. The van der Waals surface area contributed by atoms with Gasteiger partial charge in [-0.25, -0.2) is 0 Å². The fourth-order valence-electron chi connectivity index (χ4n) is 3.99. The van der Waals surface area contributed by atoms with Crippen molar-refractivity contribution < 1.29 is 15.0 Å². The van der Waals surface area contributed by atoms with Crippen molar-refractivity contribution in [1.29, 1.82) is 0 Å². The molecule has 0 aromatic rings. The number of fused-ring (bicyclic) bond motifs is 2. The molecule has 0 unspecified atom stereocenters. The van der Waals surface area contributed by atoms with Crippen LogP contribution in [0, 0.1) is 22.7 Å². The van der Waals surface area contributed by atoms with Gasteiger partial charge in [-0.15, -0.1) is 0 Å². The predicted molar refractivity (Wildman–Crippen MR) is 56.4 cm³/mol. The Morgan fingerprint density at radius 1 is 1.40 bits per heavy atom. The third-order valence-corrected chi connectivity index (χ3v) is 5.36. The molecule has 0 heterocycles. The second-order valence-corrected chi connectivity index (χ2v) is 5.99. The summed E-state index contributed by atoms with van der Waals surface area (Å²) >= 11 is 0. The molecule has 2 bridgehead atoms. The van der Waals surface area contributed by atoms with Crippen LogP contribution >= 0.6 is 0 Å². The van der Waals surface area contributed by atoms with Crippen molar-refractivity contribution in [1.82, 2.24) is 0 Å². The highest BCUT2D eigenvalue weighted by Crippen LogP contribution is 2.68. The van der Waals surface area contributed by atoms with E-state index in [2.05, 4.69) is 20.8 Å². The van der Waals surface area contributed by atoms with E-state index in [1.54, 1.807) is 0 Å². The van der Waals surface area contributed by atoms with Crippen LogP contribution in [-0.4, -0.2) is 22.3 Å². The van der Waals surface area contributed by atoms with E-state index in [9.17, 15) is 9.90 Å². The molecule has 2 fully saturated rings. The molecule has 0 aliphatic heterocycles. The second kappa shape index (κ2) is 2.97. The lowest BCUT2D eigenvalue weighted by Crippen LogP contribution is -2.38.